The summed E-state index contributed by atoms with van der Waals surface area (Å²) in [5.74, 6) is 0. The fraction of sp³-hybridized carbons (Fsp3) is 0.562. The summed E-state index contributed by atoms with van der Waals surface area (Å²) in [6.45, 7) is 5.26. The number of hydrogen-bond acceptors (Lipinski definition) is 4. The van der Waals surface area contributed by atoms with E-state index in [4.69, 9.17) is 0 Å². The van der Waals surface area contributed by atoms with Crippen molar-refractivity contribution in [1.29, 1.82) is 5.26 Å². The zero-order chi connectivity index (χ0) is 16.4. The molecule has 2 heterocycles. The van der Waals surface area contributed by atoms with E-state index in [-0.39, 0.29) is 5.56 Å². The molecule has 0 radical (unpaired) electrons. The first-order valence-electron chi connectivity index (χ1n) is 7.80. The van der Waals surface area contributed by atoms with Crippen LogP contribution in [-0.2, 0) is 6.18 Å². The van der Waals surface area contributed by atoms with Gasteiger partial charge in [0, 0.05) is 38.8 Å². The number of hydrogen-bond donors (Lipinski definition) is 1. The van der Waals surface area contributed by atoms with Crippen molar-refractivity contribution in [3.05, 3.63) is 29.3 Å². The van der Waals surface area contributed by atoms with Crippen LogP contribution in [0.25, 0.3) is 0 Å². The monoisotopic (exact) mass is 324 g/mol. The Morgan fingerprint density at radius 2 is 1.91 bits per heavy atom. The maximum absolute atomic E-state index is 12.8. The molecule has 23 heavy (non-hydrogen) atoms. The van der Waals surface area contributed by atoms with E-state index in [9.17, 15) is 18.4 Å². The highest BCUT2D eigenvalue weighted by Gasteiger charge is 2.32. The summed E-state index contributed by atoms with van der Waals surface area (Å²) in [6.07, 6.45) is -3.28. The molecule has 1 atom stereocenters. The second kappa shape index (κ2) is 6.38. The van der Waals surface area contributed by atoms with Crippen LogP contribution < -0.4 is 10.2 Å². The Labute approximate surface area is 133 Å². The van der Waals surface area contributed by atoms with Crippen LogP contribution in [0.4, 0.5) is 18.9 Å². The highest BCUT2D eigenvalue weighted by molar-refractivity contribution is 5.61. The quantitative estimate of drug-likeness (QED) is 0.904. The van der Waals surface area contributed by atoms with Gasteiger partial charge in [0.15, 0.2) is 0 Å². The third-order valence-electron chi connectivity index (χ3n) is 4.65. The SMILES string of the molecule is N#Cc1cc(C(F)(F)F)ccc1N1CCN(C2CCNC2)CC1. The first kappa shape index (κ1) is 16.1. The topological polar surface area (TPSA) is 42.3 Å². The lowest BCUT2D eigenvalue weighted by Crippen LogP contribution is -2.51. The number of halogens is 3. The van der Waals surface area contributed by atoms with Crippen molar-refractivity contribution in [1.82, 2.24) is 10.2 Å². The van der Waals surface area contributed by atoms with E-state index in [1.54, 1.807) is 0 Å². The average molecular weight is 324 g/mol. The molecule has 3 rings (SSSR count). The van der Waals surface area contributed by atoms with Crippen LogP contribution in [0.5, 0.6) is 0 Å². The fourth-order valence-corrected chi connectivity index (χ4v) is 3.36. The number of alkyl halides is 3. The summed E-state index contributed by atoms with van der Waals surface area (Å²) in [5, 5.41) is 12.5. The number of nitrogens with one attached hydrogen (secondary N) is 1. The van der Waals surface area contributed by atoms with Crippen LogP contribution >= 0.6 is 0 Å². The Hall–Kier alpha value is -1.78. The number of nitriles is 1. The number of nitrogens with zero attached hydrogens (tertiary/aromatic N) is 3. The van der Waals surface area contributed by atoms with Gasteiger partial charge in [-0.15, -0.1) is 0 Å². The molecule has 0 aliphatic carbocycles. The zero-order valence-electron chi connectivity index (χ0n) is 12.7. The minimum atomic E-state index is -4.42. The van der Waals surface area contributed by atoms with Crippen molar-refractivity contribution in [2.45, 2.75) is 18.6 Å². The van der Waals surface area contributed by atoms with E-state index in [1.165, 1.54) is 6.07 Å². The lowest BCUT2D eigenvalue weighted by atomic mass is 10.1. The van der Waals surface area contributed by atoms with Gasteiger partial charge >= 0.3 is 6.18 Å². The molecule has 2 fully saturated rings. The van der Waals surface area contributed by atoms with E-state index >= 15 is 0 Å². The number of rotatable bonds is 2. The predicted molar refractivity (Wildman–Crippen MR) is 81.2 cm³/mol. The molecule has 2 aliphatic rings. The van der Waals surface area contributed by atoms with E-state index in [0.717, 1.165) is 57.8 Å². The van der Waals surface area contributed by atoms with E-state index < -0.39 is 11.7 Å². The van der Waals surface area contributed by atoms with E-state index in [2.05, 4.69) is 10.2 Å². The second-order valence-corrected chi connectivity index (χ2v) is 6.01. The molecule has 1 aromatic carbocycles. The highest BCUT2D eigenvalue weighted by Crippen LogP contribution is 2.33. The van der Waals surface area contributed by atoms with Crippen LogP contribution in [0.3, 0.4) is 0 Å². The minimum absolute atomic E-state index is 0.0933. The molecule has 1 unspecified atom stereocenters. The summed E-state index contributed by atoms with van der Waals surface area (Å²) in [6, 6.07) is 5.89. The molecule has 7 heteroatoms. The van der Waals surface area contributed by atoms with Gasteiger partial charge in [0.05, 0.1) is 16.8 Å². The smallest absolute Gasteiger partial charge is 0.368 e. The Bertz CT molecular complexity index is 594. The van der Waals surface area contributed by atoms with Crippen LogP contribution in [0, 0.1) is 11.3 Å². The molecule has 0 aromatic heterocycles. The summed E-state index contributed by atoms with van der Waals surface area (Å²) < 4.78 is 38.3. The third-order valence-corrected chi connectivity index (χ3v) is 4.65. The van der Waals surface area contributed by atoms with Crippen molar-refractivity contribution < 1.29 is 13.2 Å². The van der Waals surface area contributed by atoms with Gasteiger partial charge in [0.2, 0.25) is 0 Å². The van der Waals surface area contributed by atoms with Gasteiger partial charge in [-0.05, 0) is 31.2 Å². The van der Waals surface area contributed by atoms with Gasteiger partial charge in [0.1, 0.15) is 6.07 Å². The first-order chi connectivity index (χ1) is 11.0. The van der Waals surface area contributed by atoms with Gasteiger partial charge in [-0.3, -0.25) is 4.90 Å². The molecule has 0 bridgehead atoms. The summed E-state index contributed by atoms with van der Waals surface area (Å²) in [7, 11) is 0. The van der Waals surface area contributed by atoms with Crippen molar-refractivity contribution in [2.75, 3.05) is 44.2 Å². The Kier molecular flexibility index (Phi) is 4.46. The normalized spacial score (nSPS) is 23.0. The van der Waals surface area contributed by atoms with Crippen LogP contribution in [0.15, 0.2) is 18.2 Å². The van der Waals surface area contributed by atoms with E-state index in [0.29, 0.717) is 11.7 Å². The van der Waals surface area contributed by atoms with Gasteiger partial charge in [-0.1, -0.05) is 0 Å². The maximum atomic E-state index is 12.8. The molecule has 2 aliphatic heterocycles. The lowest BCUT2D eigenvalue weighted by Gasteiger charge is -2.39. The van der Waals surface area contributed by atoms with Gasteiger partial charge < -0.3 is 10.2 Å². The molecule has 2 saturated heterocycles. The van der Waals surface area contributed by atoms with Crippen LogP contribution in [0.1, 0.15) is 17.5 Å². The maximum Gasteiger partial charge on any atom is 0.416 e. The molecular weight excluding hydrogens is 305 g/mol. The minimum Gasteiger partial charge on any atom is -0.368 e. The number of benzene rings is 1. The van der Waals surface area contributed by atoms with Gasteiger partial charge in [0.25, 0.3) is 0 Å². The molecule has 0 amide bonds. The standard InChI is InChI=1S/C16H19F3N4/c17-16(18,19)13-1-2-15(12(9-13)10-20)23-7-5-22(6-8-23)14-3-4-21-11-14/h1-2,9,14,21H,3-8,11H2. The van der Waals surface area contributed by atoms with Gasteiger partial charge in [-0.2, -0.15) is 18.4 Å². The zero-order valence-corrected chi connectivity index (χ0v) is 12.7. The third kappa shape index (κ3) is 3.43. The van der Waals surface area contributed by atoms with Crippen LogP contribution in [-0.4, -0.2) is 50.2 Å². The number of piperazine rings is 1. The molecule has 1 N–H and O–H groups in total. The first-order valence-corrected chi connectivity index (χ1v) is 7.80. The second-order valence-electron chi connectivity index (χ2n) is 6.01. The Balaban J connectivity index is 1.71. The molecule has 1 aromatic rings. The summed E-state index contributed by atoms with van der Waals surface area (Å²) in [5.41, 5.74) is -0.0750. The highest BCUT2D eigenvalue weighted by atomic mass is 19.4. The summed E-state index contributed by atoms with van der Waals surface area (Å²) >= 11 is 0. The fourth-order valence-electron chi connectivity index (χ4n) is 3.36. The van der Waals surface area contributed by atoms with Crippen molar-refractivity contribution >= 4 is 5.69 Å². The lowest BCUT2D eigenvalue weighted by molar-refractivity contribution is -0.137. The average Bonchev–Trinajstić information content (AvgIpc) is 3.08. The Morgan fingerprint density at radius 3 is 2.48 bits per heavy atom. The van der Waals surface area contributed by atoms with Gasteiger partial charge in [-0.25, -0.2) is 0 Å². The van der Waals surface area contributed by atoms with Crippen molar-refractivity contribution in [3.8, 4) is 6.07 Å². The van der Waals surface area contributed by atoms with Crippen molar-refractivity contribution in [2.24, 2.45) is 0 Å². The summed E-state index contributed by atoms with van der Waals surface area (Å²) in [4.78, 5) is 4.43. The Morgan fingerprint density at radius 1 is 1.17 bits per heavy atom. The number of anilines is 1. The van der Waals surface area contributed by atoms with E-state index in [1.807, 2.05) is 11.0 Å². The largest absolute Gasteiger partial charge is 0.416 e. The van der Waals surface area contributed by atoms with Crippen LogP contribution in [0.2, 0.25) is 0 Å². The molecule has 4 nitrogen and oxygen atoms in total. The predicted octanol–water partition coefficient (Wildman–Crippen LogP) is 2.06. The van der Waals surface area contributed by atoms with Crippen molar-refractivity contribution in [3.63, 3.8) is 0 Å². The molecule has 0 spiro atoms. The molecular formula is C16H19F3N4. The molecule has 0 saturated carbocycles. The molecule has 124 valence electrons.